The third-order valence-corrected chi connectivity index (χ3v) is 8.63. The number of sulfone groups is 1. The molecule has 2 N–H and O–H groups in total. The number of fused-ring (bicyclic) bond motifs is 1. The molecular formula is C20H21N3O5S3. The van der Waals surface area contributed by atoms with Gasteiger partial charge in [0.05, 0.1) is 25.3 Å². The number of nitrogens with zero attached hydrogens (tertiary/aromatic N) is 2. The predicted molar refractivity (Wildman–Crippen MR) is 120 cm³/mol. The van der Waals surface area contributed by atoms with E-state index in [4.69, 9.17) is 5.14 Å². The van der Waals surface area contributed by atoms with Crippen LogP contribution in [-0.2, 0) is 26.4 Å². The maximum Gasteiger partial charge on any atom is 0.279 e. The summed E-state index contributed by atoms with van der Waals surface area (Å²) in [5.41, 5.74) is 0.801. The number of allylic oxidation sites excluding steroid dienone is 1. The fraction of sp³-hybridized carbons (Fsp3) is 0.200. The standard InChI is InChI=1S/C20H21N3O5S3/c1-4-10-23-17-9-8-16(31(21,27)28)12-18(17)29-20(23)22-19(24)14-6-5-7-15(11-14)30(25,26)13(2)3/h4-9,11-13H,1,10H2,2-3H3,(H2,21,27,28). The van der Waals surface area contributed by atoms with Gasteiger partial charge in [-0.05, 0) is 50.2 Å². The van der Waals surface area contributed by atoms with E-state index < -0.39 is 31.0 Å². The second kappa shape index (κ2) is 8.50. The number of sulfonamides is 1. The zero-order valence-electron chi connectivity index (χ0n) is 16.8. The number of thiazole rings is 1. The normalized spacial score (nSPS) is 13.1. The Morgan fingerprint density at radius 2 is 1.87 bits per heavy atom. The van der Waals surface area contributed by atoms with E-state index in [1.807, 2.05) is 0 Å². The van der Waals surface area contributed by atoms with Gasteiger partial charge < -0.3 is 4.57 Å². The van der Waals surface area contributed by atoms with Gasteiger partial charge in [-0.2, -0.15) is 4.99 Å². The van der Waals surface area contributed by atoms with Gasteiger partial charge in [-0.15, -0.1) is 6.58 Å². The molecule has 1 heterocycles. The topological polar surface area (TPSA) is 129 Å². The fourth-order valence-corrected chi connectivity index (χ4v) is 5.65. The molecule has 0 fully saturated rings. The van der Waals surface area contributed by atoms with Crippen molar-refractivity contribution in [3.8, 4) is 0 Å². The number of aromatic nitrogens is 1. The number of benzene rings is 2. The smallest absolute Gasteiger partial charge is 0.279 e. The van der Waals surface area contributed by atoms with Crippen molar-refractivity contribution in [2.45, 2.75) is 35.4 Å². The van der Waals surface area contributed by atoms with Crippen LogP contribution in [0, 0.1) is 0 Å². The Bertz CT molecular complexity index is 1460. The van der Waals surface area contributed by atoms with Gasteiger partial charge in [0.25, 0.3) is 5.91 Å². The summed E-state index contributed by atoms with van der Waals surface area (Å²) in [5.74, 6) is -0.614. The van der Waals surface area contributed by atoms with Gasteiger partial charge in [0.15, 0.2) is 14.6 Å². The van der Waals surface area contributed by atoms with Gasteiger partial charge in [-0.25, -0.2) is 22.0 Å². The number of hydrogen-bond donors (Lipinski definition) is 1. The van der Waals surface area contributed by atoms with E-state index in [0.29, 0.717) is 21.6 Å². The summed E-state index contributed by atoms with van der Waals surface area (Å²) in [7, 11) is -7.42. The fourth-order valence-electron chi connectivity index (χ4n) is 2.85. The van der Waals surface area contributed by atoms with Crippen molar-refractivity contribution < 1.29 is 21.6 Å². The third-order valence-electron chi connectivity index (χ3n) is 4.52. The van der Waals surface area contributed by atoms with Crippen LogP contribution in [0.15, 0.2) is 69.9 Å². The highest BCUT2D eigenvalue weighted by atomic mass is 32.2. The Hall–Kier alpha value is -2.60. The second-order valence-corrected chi connectivity index (χ2v) is 12.1. The monoisotopic (exact) mass is 479 g/mol. The molecule has 164 valence electrons. The van der Waals surface area contributed by atoms with E-state index >= 15 is 0 Å². The lowest BCUT2D eigenvalue weighted by Crippen LogP contribution is -2.17. The number of amides is 1. The lowest BCUT2D eigenvalue weighted by Gasteiger charge is -2.08. The molecule has 0 aliphatic rings. The third kappa shape index (κ3) is 4.69. The van der Waals surface area contributed by atoms with Crippen LogP contribution in [0.2, 0.25) is 0 Å². The average molecular weight is 480 g/mol. The molecule has 8 nitrogen and oxygen atoms in total. The minimum absolute atomic E-state index is 0.0449. The summed E-state index contributed by atoms with van der Waals surface area (Å²) in [5, 5.41) is 4.58. The van der Waals surface area contributed by atoms with Crippen LogP contribution in [0.1, 0.15) is 24.2 Å². The summed E-state index contributed by atoms with van der Waals surface area (Å²) in [4.78, 5) is 17.3. The zero-order valence-corrected chi connectivity index (χ0v) is 19.3. The molecule has 3 rings (SSSR count). The molecule has 11 heteroatoms. The molecule has 0 saturated heterocycles. The van der Waals surface area contributed by atoms with Crippen molar-refractivity contribution >= 4 is 47.3 Å². The molecule has 2 aromatic carbocycles. The molecular weight excluding hydrogens is 458 g/mol. The van der Waals surface area contributed by atoms with Gasteiger partial charge in [-0.1, -0.05) is 23.5 Å². The van der Waals surface area contributed by atoms with E-state index in [1.165, 1.54) is 36.4 Å². The highest BCUT2D eigenvalue weighted by Crippen LogP contribution is 2.22. The minimum atomic E-state index is -3.88. The maximum absolute atomic E-state index is 12.8. The Morgan fingerprint density at radius 3 is 2.48 bits per heavy atom. The molecule has 1 amide bonds. The summed E-state index contributed by atoms with van der Waals surface area (Å²) in [6.07, 6.45) is 1.62. The largest absolute Gasteiger partial charge is 0.312 e. The molecule has 1 aromatic heterocycles. The molecule has 0 saturated carbocycles. The second-order valence-electron chi connectivity index (χ2n) is 7.00. The first-order valence-electron chi connectivity index (χ1n) is 9.15. The van der Waals surface area contributed by atoms with Crippen LogP contribution in [0.4, 0.5) is 0 Å². The summed E-state index contributed by atoms with van der Waals surface area (Å²) < 4.78 is 50.4. The van der Waals surface area contributed by atoms with Crippen molar-refractivity contribution in [1.29, 1.82) is 0 Å². The molecule has 0 bridgehead atoms. The summed E-state index contributed by atoms with van der Waals surface area (Å²) in [6.45, 7) is 7.18. The quantitative estimate of drug-likeness (QED) is 0.543. The van der Waals surface area contributed by atoms with Crippen LogP contribution in [0.3, 0.4) is 0 Å². The first kappa shape index (κ1) is 23.1. The predicted octanol–water partition coefficient (Wildman–Crippen LogP) is 2.46. The average Bonchev–Trinajstić information content (AvgIpc) is 3.04. The van der Waals surface area contributed by atoms with Gasteiger partial charge >= 0.3 is 0 Å². The number of hydrogen-bond acceptors (Lipinski definition) is 6. The van der Waals surface area contributed by atoms with Crippen LogP contribution >= 0.6 is 11.3 Å². The molecule has 3 aromatic rings. The maximum atomic E-state index is 12.8. The van der Waals surface area contributed by atoms with E-state index in [-0.39, 0.29) is 15.4 Å². The van der Waals surface area contributed by atoms with Crippen molar-refractivity contribution in [2.24, 2.45) is 10.1 Å². The lowest BCUT2D eigenvalue weighted by atomic mass is 10.2. The number of nitrogens with two attached hydrogens (primary N) is 1. The van der Waals surface area contributed by atoms with E-state index in [9.17, 15) is 21.6 Å². The number of primary sulfonamides is 1. The van der Waals surface area contributed by atoms with Crippen LogP contribution < -0.4 is 9.94 Å². The van der Waals surface area contributed by atoms with Gasteiger partial charge in [-0.3, -0.25) is 4.79 Å². The van der Waals surface area contributed by atoms with Crippen molar-refractivity contribution in [2.75, 3.05) is 0 Å². The molecule has 0 aliphatic carbocycles. The molecule has 31 heavy (non-hydrogen) atoms. The summed E-state index contributed by atoms with van der Waals surface area (Å²) >= 11 is 1.12. The van der Waals surface area contributed by atoms with Gasteiger partial charge in [0.1, 0.15) is 0 Å². The Morgan fingerprint density at radius 1 is 1.16 bits per heavy atom. The number of carbonyl (C=O) groups excluding carboxylic acids is 1. The molecule has 0 aliphatic heterocycles. The molecule has 0 spiro atoms. The van der Waals surface area contributed by atoms with E-state index in [2.05, 4.69) is 11.6 Å². The molecule has 0 unspecified atom stereocenters. The minimum Gasteiger partial charge on any atom is -0.312 e. The Kier molecular flexibility index (Phi) is 6.33. The Labute approximate surface area is 184 Å². The van der Waals surface area contributed by atoms with Crippen LogP contribution in [0.25, 0.3) is 10.2 Å². The highest BCUT2D eigenvalue weighted by Gasteiger charge is 2.20. The molecule has 0 atom stereocenters. The first-order chi connectivity index (χ1) is 14.4. The van der Waals surface area contributed by atoms with Crippen LogP contribution in [0.5, 0.6) is 0 Å². The lowest BCUT2D eigenvalue weighted by molar-refractivity contribution is 0.0997. The SMILES string of the molecule is C=CCn1c(=NC(=O)c2cccc(S(=O)(=O)C(C)C)c2)sc2cc(S(N)(=O)=O)ccc21. The van der Waals surface area contributed by atoms with E-state index in [1.54, 1.807) is 30.6 Å². The van der Waals surface area contributed by atoms with Gasteiger partial charge in [0.2, 0.25) is 10.0 Å². The van der Waals surface area contributed by atoms with Gasteiger partial charge in [0, 0.05) is 12.1 Å². The highest BCUT2D eigenvalue weighted by molar-refractivity contribution is 7.92. The van der Waals surface area contributed by atoms with Crippen molar-refractivity contribution in [3.05, 3.63) is 65.5 Å². The van der Waals surface area contributed by atoms with E-state index in [0.717, 1.165) is 11.3 Å². The first-order valence-corrected chi connectivity index (χ1v) is 13.1. The summed E-state index contributed by atoms with van der Waals surface area (Å²) in [6, 6.07) is 10.1. The number of carbonyl (C=O) groups is 1. The van der Waals surface area contributed by atoms with Crippen molar-refractivity contribution in [3.63, 3.8) is 0 Å². The zero-order chi connectivity index (χ0) is 23.0. The molecule has 0 radical (unpaired) electrons. The van der Waals surface area contributed by atoms with Crippen LogP contribution in [-0.4, -0.2) is 32.6 Å². The van der Waals surface area contributed by atoms with Crippen molar-refractivity contribution in [1.82, 2.24) is 4.57 Å². The Balaban J connectivity index is 2.15. The number of rotatable bonds is 6.